The molecule has 3 aromatic rings. The fourth-order valence-electron chi connectivity index (χ4n) is 4.26. The number of fused-ring (bicyclic) bond motifs is 1. The van der Waals surface area contributed by atoms with Crippen LogP contribution in [0.15, 0.2) is 42.5 Å². The Hall–Kier alpha value is -3.28. The number of nitrogens with zero attached hydrogens (tertiary/aromatic N) is 1. The van der Waals surface area contributed by atoms with Crippen LogP contribution < -0.4 is 15.2 Å². The summed E-state index contributed by atoms with van der Waals surface area (Å²) in [7, 11) is 0. The molecule has 0 fully saturated rings. The van der Waals surface area contributed by atoms with Gasteiger partial charge in [-0.2, -0.15) is 0 Å². The molecule has 0 unspecified atom stereocenters. The van der Waals surface area contributed by atoms with Crippen molar-refractivity contribution in [1.82, 2.24) is 4.57 Å². The van der Waals surface area contributed by atoms with E-state index >= 15 is 0 Å². The van der Waals surface area contributed by atoms with Crippen LogP contribution in [0.3, 0.4) is 0 Å². The van der Waals surface area contributed by atoms with Crippen LogP contribution in [-0.2, 0) is 13.0 Å². The summed E-state index contributed by atoms with van der Waals surface area (Å²) in [4.78, 5) is 12.5. The van der Waals surface area contributed by atoms with Crippen molar-refractivity contribution in [1.29, 1.82) is 0 Å². The summed E-state index contributed by atoms with van der Waals surface area (Å²) >= 11 is 0. The molecule has 0 aliphatic carbocycles. The summed E-state index contributed by atoms with van der Waals surface area (Å²) in [6, 6.07) is 12.1. The van der Waals surface area contributed by atoms with Crippen molar-refractivity contribution >= 4 is 5.91 Å². The summed E-state index contributed by atoms with van der Waals surface area (Å²) in [5.74, 6) is 0.677. The van der Waals surface area contributed by atoms with E-state index in [1.807, 2.05) is 25.1 Å². The number of hydrogen-bond donors (Lipinski definition) is 1. The van der Waals surface area contributed by atoms with Gasteiger partial charge in [0.15, 0.2) is 11.5 Å². The largest absolute Gasteiger partial charge is 0.454 e. The second kappa shape index (κ2) is 8.84. The fraction of sp³-hybridized carbons (Fsp3) is 0.320. The molecule has 1 amide bonds. The first-order valence-electron chi connectivity index (χ1n) is 10.7. The van der Waals surface area contributed by atoms with Crippen LogP contribution in [0.5, 0.6) is 11.5 Å². The number of nitrogens with two attached hydrogens (primary N) is 1. The Balaban J connectivity index is 1.83. The lowest BCUT2D eigenvalue weighted by molar-refractivity contribution is 0.1000. The first kappa shape index (κ1) is 21.0. The summed E-state index contributed by atoms with van der Waals surface area (Å²) in [6.07, 6.45) is 3.98. The van der Waals surface area contributed by atoms with Gasteiger partial charge in [0.1, 0.15) is 5.82 Å². The molecule has 31 heavy (non-hydrogen) atoms. The van der Waals surface area contributed by atoms with Crippen LogP contribution in [0.1, 0.15) is 53.5 Å². The number of ether oxygens (including phenoxy) is 2. The number of carbonyl (C=O) groups excluding carboxylic acids is 1. The summed E-state index contributed by atoms with van der Waals surface area (Å²) in [5.41, 5.74) is 10.8. The lowest BCUT2D eigenvalue weighted by atomic mass is 9.97. The minimum absolute atomic E-state index is 0.226. The number of aromatic nitrogens is 1. The van der Waals surface area contributed by atoms with Crippen molar-refractivity contribution in [2.75, 3.05) is 6.79 Å². The molecular formula is C25H27FN2O3. The van der Waals surface area contributed by atoms with Gasteiger partial charge in [0.05, 0.1) is 5.56 Å². The molecule has 1 aliphatic heterocycles. The van der Waals surface area contributed by atoms with E-state index in [4.69, 9.17) is 15.2 Å². The predicted molar refractivity (Wildman–Crippen MR) is 118 cm³/mol. The standard InChI is InChI=1S/C25H27FN2O3/c1-3-4-5-6-20-24(18-8-10-19(26)11-9-18)23(25(27)29)16(2)28(20)14-17-7-12-21-22(13-17)31-15-30-21/h7-13H,3-6,14-15H2,1-2H3,(H2,27,29). The summed E-state index contributed by atoms with van der Waals surface area (Å²) < 4.78 is 26.7. The first-order chi connectivity index (χ1) is 15.0. The number of hydrogen-bond acceptors (Lipinski definition) is 3. The Kier molecular flexibility index (Phi) is 5.98. The van der Waals surface area contributed by atoms with E-state index in [9.17, 15) is 9.18 Å². The zero-order chi connectivity index (χ0) is 22.0. The van der Waals surface area contributed by atoms with Crippen LogP contribution in [0.2, 0.25) is 0 Å². The molecule has 0 saturated carbocycles. The SMILES string of the molecule is CCCCCc1c(-c2ccc(F)cc2)c(C(N)=O)c(C)n1Cc1ccc2c(c1)OCO2. The van der Waals surface area contributed by atoms with Crippen molar-refractivity contribution in [2.45, 2.75) is 46.1 Å². The molecule has 2 aromatic carbocycles. The van der Waals surface area contributed by atoms with Gasteiger partial charge in [0.2, 0.25) is 6.79 Å². The van der Waals surface area contributed by atoms with E-state index in [-0.39, 0.29) is 12.6 Å². The maximum atomic E-state index is 13.6. The molecule has 0 radical (unpaired) electrons. The van der Waals surface area contributed by atoms with E-state index in [0.29, 0.717) is 12.1 Å². The normalized spacial score (nSPS) is 12.4. The zero-order valence-corrected chi connectivity index (χ0v) is 17.9. The van der Waals surface area contributed by atoms with Crippen molar-refractivity contribution < 1.29 is 18.7 Å². The number of amides is 1. The number of benzene rings is 2. The lowest BCUT2D eigenvalue weighted by Gasteiger charge is -2.14. The molecule has 0 spiro atoms. The minimum atomic E-state index is -0.474. The van der Waals surface area contributed by atoms with Crippen LogP contribution in [-0.4, -0.2) is 17.3 Å². The summed E-state index contributed by atoms with van der Waals surface area (Å²) in [5, 5.41) is 0. The number of carbonyl (C=O) groups is 1. The van der Waals surface area contributed by atoms with Gasteiger partial charge in [0.25, 0.3) is 5.91 Å². The highest BCUT2D eigenvalue weighted by Gasteiger charge is 2.25. The van der Waals surface area contributed by atoms with Gasteiger partial charge in [-0.3, -0.25) is 4.79 Å². The van der Waals surface area contributed by atoms with E-state index in [2.05, 4.69) is 11.5 Å². The molecule has 5 nitrogen and oxygen atoms in total. The maximum Gasteiger partial charge on any atom is 0.251 e. The van der Waals surface area contributed by atoms with Gasteiger partial charge in [-0.15, -0.1) is 0 Å². The zero-order valence-electron chi connectivity index (χ0n) is 17.9. The molecule has 2 heterocycles. The molecule has 6 heteroatoms. The third-order valence-electron chi connectivity index (χ3n) is 5.81. The average Bonchev–Trinajstić information content (AvgIpc) is 3.32. The van der Waals surface area contributed by atoms with Crippen LogP contribution in [0.25, 0.3) is 11.1 Å². The lowest BCUT2D eigenvalue weighted by Crippen LogP contribution is -2.13. The first-order valence-corrected chi connectivity index (χ1v) is 10.7. The minimum Gasteiger partial charge on any atom is -0.454 e. The van der Waals surface area contributed by atoms with Gasteiger partial charge < -0.3 is 19.8 Å². The second-order valence-electron chi connectivity index (χ2n) is 7.88. The van der Waals surface area contributed by atoms with Crippen molar-refractivity contribution in [3.05, 3.63) is 70.8 Å². The number of primary amides is 1. The molecular weight excluding hydrogens is 395 g/mol. The highest BCUT2D eigenvalue weighted by atomic mass is 19.1. The smallest absolute Gasteiger partial charge is 0.251 e. The molecule has 2 N–H and O–H groups in total. The Labute approximate surface area is 181 Å². The van der Waals surface area contributed by atoms with Gasteiger partial charge in [0, 0.05) is 23.5 Å². The van der Waals surface area contributed by atoms with Gasteiger partial charge >= 0.3 is 0 Å². The third kappa shape index (κ3) is 4.15. The van der Waals surface area contributed by atoms with Crippen LogP contribution >= 0.6 is 0 Å². The van der Waals surface area contributed by atoms with Crippen molar-refractivity contribution in [2.24, 2.45) is 5.73 Å². The molecule has 0 atom stereocenters. The van der Waals surface area contributed by atoms with Crippen LogP contribution in [0.4, 0.5) is 4.39 Å². The van der Waals surface area contributed by atoms with Crippen molar-refractivity contribution in [3.8, 4) is 22.6 Å². The topological polar surface area (TPSA) is 66.5 Å². The number of rotatable bonds is 8. The predicted octanol–water partition coefficient (Wildman–Crippen LogP) is 5.21. The van der Waals surface area contributed by atoms with E-state index in [1.165, 1.54) is 12.1 Å². The van der Waals surface area contributed by atoms with Crippen molar-refractivity contribution in [3.63, 3.8) is 0 Å². The maximum absolute atomic E-state index is 13.6. The third-order valence-corrected chi connectivity index (χ3v) is 5.81. The van der Waals surface area contributed by atoms with Gasteiger partial charge in [-0.05, 0) is 55.2 Å². The fourth-order valence-corrected chi connectivity index (χ4v) is 4.26. The molecule has 0 bridgehead atoms. The average molecular weight is 423 g/mol. The summed E-state index contributed by atoms with van der Waals surface area (Å²) in [6.45, 7) is 4.88. The molecule has 1 aliphatic rings. The van der Waals surface area contributed by atoms with Crippen LogP contribution in [0, 0.1) is 12.7 Å². The molecule has 4 rings (SSSR count). The quantitative estimate of drug-likeness (QED) is 0.507. The Morgan fingerprint density at radius 2 is 1.84 bits per heavy atom. The molecule has 1 aromatic heterocycles. The van der Waals surface area contributed by atoms with E-state index in [0.717, 1.165) is 65.3 Å². The Bertz CT molecular complexity index is 1100. The highest BCUT2D eigenvalue weighted by Crippen LogP contribution is 2.36. The second-order valence-corrected chi connectivity index (χ2v) is 7.88. The molecule has 162 valence electrons. The number of halogens is 1. The Morgan fingerprint density at radius 3 is 2.55 bits per heavy atom. The molecule has 0 saturated heterocycles. The monoisotopic (exact) mass is 422 g/mol. The van der Waals surface area contributed by atoms with Gasteiger partial charge in [-0.25, -0.2) is 4.39 Å². The van der Waals surface area contributed by atoms with E-state index < -0.39 is 5.91 Å². The Morgan fingerprint density at radius 1 is 1.10 bits per heavy atom. The van der Waals surface area contributed by atoms with Gasteiger partial charge in [-0.1, -0.05) is 38.0 Å². The highest BCUT2D eigenvalue weighted by molar-refractivity contribution is 6.02. The van der Waals surface area contributed by atoms with E-state index in [1.54, 1.807) is 12.1 Å². The number of unbranched alkanes of at least 4 members (excludes halogenated alkanes) is 2.